The molecule has 3 nitrogen and oxygen atoms in total. The molecule has 2 aromatic carbocycles. The highest BCUT2D eigenvalue weighted by atomic mass is 16.7. The van der Waals surface area contributed by atoms with Crippen LogP contribution in [0.25, 0.3) is 11.1 Å². The summed E-state index contributed by atoms with van der Waals surface area (Å²) in [6, 6.07) is 15.6. The van der Waals surface area contributed by atoms with Crippen LogP contribution < -0.4 is 4.74 Å². The van der Waals surface area contributed by atoms with Crippen molar-refractivity contribution in [1.82, 2.24) is 0 Å². The van der Waals surface area contributed by atoms with Crippen LogP contribution in [-0.4, -0.2) is 11.3 Å². The summed E-state index contributed by atoms with van der Waals surface area (Å²) in [7, 11) is 0. The molecule has 104 valence electrons. The molecule has 0 amide bonds. The normalized spacial score (nSPS) is 11.2. The van der Waals surface area contributed by atoms with Crippen LogP contribution in [-0.2, 0) is 5.41 Å². The first-order chi connectivity index (χ1) is 9.38. The van der Waals surface area contributed by atoms with E-state index in [0.29, 0.717) is 5.75 Å². The van der Waals surface area contributed by atoms with Crippen LogP contribution in [0.2, 0.25) is 0 Å². The minimum Gasteiger partial charge on any atom is -0.449 e. The van der Waals surface area contributed by atoms with Gasteiger partial charge in [-0.05, 0) is 28.7 Å². The molecule has 0 radical (unpaired) electrons. The third-order valence-corrected chi connectivity index (χ3v) is 3.09. The topological polar surface area (TPSA) is 46.5 Å². The Labute approximate surface area is 118 Å². The van der Waals surface area contributed by atoms with Crippen molar-refractivity contribution in [1.29, 1.82) is 0 Å². The Bertz CT molecular complexity index is 610. The standard InChI is InChI=1S/C17H18O3/c1-17(2,3)14-11-13(12-7-5-4-6-8-12)9-10-15(14)20-16(18)19/h4-11H,1-3H3,(H,18,19). The highest BCUT2D eigenvalue weighted by molar-refractivity contribution is 5.68. The van der Waals surface area contributed by atoms with E-state index in [1.54, 1.807) is 6.07 Å². The molecule has 0 unspecified atom stereocenters. The molecular weight excluding hydrogens is 252 g/mol. The number of carbonyl (C=O) groups is 1. The lowest BCUT2D eigenvalue weighted by atomic mass is 9.84. The van der Waals surface area contributed by atoms with E-state index < -0.39 is 6.16 Å². The van der Waals surface area contributed by atoms with E-state index in [2.05, 4.69) is 0 Å². The smallest absolute Gasteiger partial charge is 0.449 e. The number of rotatable bonds is 2. The van der Waals surface area contributed by atoms with Gasteiger partial charge in [-0.15, -0.1) is 0 Å². The van der Waals surface area contributed by atoms with Crippen LogP contribution in [0.1, 0.15) is 26.3 Å². The van der Waals surface area contributed by atoms with Gasteiger partial charge < -0.3 is 9.84 Å². The van der Waals surface area contributed by atoms with Crippen molar-refractivity contribution in [3.63, 3.8) is 0 Å². The summed E-state index contributed by atoms with van der Waals surface area (Å²) in [5, 5.41) is 8.82. The van der Waals surface area contributed by atoms with Gasteiger partial charge in [0.1, 0.15) is 5.75 Å². The quantitative estimate of drug-likeness (QED) is 0.635. The molecule has 0 fully saturated rings. The van der Waals surface area contributed by atoms with E-state index >= 15 is 0 Å². The monoisotopic (exact) mass is 270 g/mol. The fourth-order valence-electron chi connectivity index (χ4n) is 2.11. The Morgan fingerprint density at radius 2 is 1.65 bits per heavy atom. The average molecular weight is 270 g/mol. The molecule has 0 saturated carbocycles. The minimum absolute atomic E-state index is 0.199. The Kier molecular flexibility index (Phi) is 3.79. The first kappa shape index (κ1) is 14.1. The van der Waals surface area contributed by atoms with Crippen LogP contribution in [0.15, 0.2) is 48.5 Å². The third kappa shape index (κ3) is 3.18. The maximum atomic E-state index is 10.8. The Hall–Kier alpha value is -2.29. The van der Waals surface area contributed by atoms with Crippen LogP contribution in [0, 0.1) is 0 Å². The van der Waals surface area contributed by atoms with Gasteiger partial charge in [-0.1, -0.05) is 57.2 Å². The molecule has 0 aromatic heterocycles. The molecule has 0 aliphatic rings. The van der Waals surface area contributed by atoms with Gasteiger partial charge in [-0.3, -0.25) is 0 Å². The van der Waals surface area contributed by atoms with Crippen molar-refractivity contribution < 1.29 is 14.6 Å². The molecule has 2 rings (SSSR count). The molecule has 20 heavy (non-hydrogen) atoms. The summed E-state index contributed by atoms with van der Waals surface area (Å²) in [4.78, 5) is 10.8. The van der Waals surface area contributed by atoms with E-state index in [1.807, 2.05) is 63.2 Å². The SMILES string of the molecule is CC(C)(C)c1cc(-c2ccccc2)ccc1OC(=O)O. The summed E-state index contributed by atoms with van der Waals surface area (Å²) in [5.41, 5.74) is 2.82. The second-order valence-electron chi connectivity index (χ2n) is 5.69. The summed E-state index contributed by atoms with van der Waals surface area (Å²) < 4.78 is 4.88. The number of ether oxygens (including phenoxy) is 1. The van der Waals surface area contributed by atoms with Gasteiger partial charge in [-0.25, -0.2) is 4.79 Å². The van der Waals surface area contributed by atoms with Crippen LogP contribution >= 0.6 is 0 Å². The maximum Gasteiger partial charge on any atom is 0.511 e. The predicted molar refractivity (Wildman–Crippen MR) is 79.2 cm³/mol. The highest BCUT2D eigenvalue weighted by Gasteiger charge is 2.21. The van der Waals surface area contributed by atoms with Gasteiger partial charge in [0.25, 0.3) is 0 Å². The summed E-state index contributed by atoms with van der Waals surface area (Å²) in [6.07, 6.45) is -1.29. The van der Waals surface area contributed by atoms with Crippen LogP contribution in [0.3, 0.4) is 0 Å². The lowest BCUT2D eigenvalue weighted by molar-refractivity contribution is 0.143. The van der Waals surface area contributed by atoms with Gasteiger partial charge in [0, 0.05) is 5.56 Å². The summed E-state index contributed by atoms with van der Waals surface area (Å²) in [5.74, 6) is 0.393. The number of hydrogen-bond acceptors (Lipinski definition) is 2. The van der Waals surface area contributed by atoms with Crippen molar-refractivity contribution in [2.45, 2.75) is 26.2 Å². The Morgan fingerprint density at radius 1 is 1.00 bits per heavy atom. The van der Waals surface area contributed by atoms with Crippen molar-refractivity contribution >= 4 is 6.16 Å². The zero-order valence-electron chi connectivity index (χ0n) is 11.9. The fourth-order valence-corrected chi connectivity index (χ4v) is 2.11. The number of carboxylic acid groups (broad SMARTS) is 1. The molecular formula is C17H18O3. The average Bonchev–Trinajstić information content (AvgIpc) is 2.38. The van der Waals surface area contributed by atoms with Gasteiger partial charge in [0.2, 0.25) is 0 Å². The molecule has 0 aliphatic carbocycles. The van der Waals surface area contributed by atoms with Crippen LogP contribution in [0.5, 0.6) is 5.75 Å². The first-order valence-electron chi connectivity index (χ1n) is 6.48. The van der Waals surface area contributed by atoms with Gasteiger partial charge in [0.15, 0.2) is 0 Å². The lowest BCUT2D eigenvalue weighted by Crippen LogP contribution is -2.15. The fraction of sp³-hybridized carbons (Fsp3) is 0.235. The number of hydrogen-bond donors (Lipinski definition) is 1. The molecule has 2 aromatic rings. The van der Waals surface area contributed by atoms with Gasteiger partial charge in [0.05, 0.1) is 0 Å². The summed E-state index contributed by atoms with van der Waals surface area (Å²) >= 11 is 0. The Morgan fingerprint density at radius 3 is 2.20 bits per heavy atom. The van der Waals surface area contributed by atoms with E-state index in [1.165, 1.54) is 0 Å². The molecule has 0 spiro atoms. The Balaban J connectivity index is 2.52. The van der Waals surface area contributed by atoms with Gasteiger partial charge in [-0.2, -0.15) is 0 Å². The number of benzene rings is 2. The second kappa shape index (κ2) is 5.37. The molecule has 0 atom stereocenters. The lowest BCUT2D eigenvalue weighted by Gasteiger charge is -2.22. The second-order valence-corrected chi connectivity index (χ2v) is 5.69. The van der Waals surface area contributed by atoms with Crippen LogP contribution in [0.4, 0.5) is 4.79 Å². The largest absolute Gasteiger partial charge is 0.511 e. The highest BCUT2D eigenvalue weighted by Crippen LogP contribution is 2.35. The first-order valence-corrected chi connectivity index (χ1v) is 6.48. The predicted octanol–water partition coefficient (Wildman–Crippen LogP) is 4.71. The van der Waals surface area contributed by atoms with E-state index in [9.17, 15) is 4.79 Å². The molecule has 3 heteroatoms. The molecule has 0 bridgehead atoms. The molecule has 0 aliphatic heterocycles. The molecule has 0 saturated heterocycles. The van der Waals surface area contributed by atoms with Gasteiger partial charge >= 0.3 is 6.16 Å². The van der Waals surface area contributed by atoms with Crippen molar-refractivity contribution in [3.8, 4) is 16.9 Å². The minimum atomic E-state index is -1.29. The van der Waals surface area contributed by atoms with Crippen molar-refractivity contribution in [2.24, 2.45) is 0 Å². The maximum absolute atomic E-state index is 10.8. The van der Waals surface area contributed by atoms with E-state index in [0.717, 1.165) is 16.7 Å². The third-order valence-electron chi connectivity index (χ3n) is 3.09. The zero-order chi connectivity index (χ0) is 14.8. The van der Waals surface area contributed by atoms with Crippen molar-refractivity contribution in [3.05, 3.63) is 54.1 Å². The molecule has 0 heterocycles. The zero-order valence-corrected chi connectivity index (χ0v) is 11.9. The molecule has 1 N–H and O–H groups in total. The van der Waals surface area contributed by atoms with Crippen molar-refractivity contribution in [2.75, 3.05) is 0 Å². The van der Waals surface area contributed by atoms with E-state index in [4.69, 9.17) is 9.84 Å². The van der Waals surface area contributed by atoms with E-state index in [-0.39, 0.29) is 5.41 Å². The summed E-state index contributed by atoms with van der Waals surface area (Å²) in [6.45, 7) is 6.10.